The van der Waals surface area contributed by atoms with E-state index in [0.717, 1.165) is 18.7 Å². The van der Waals surface area contributed by atoms with Gasteiger partial charge >= 0.3 is 0 Å². The van der Waals surface area contributed by atoms with Crippen LogP contribution in [-0.4, -0.2) is 59.6 Å². The summed E-state index contributed by atoms with van der Waals surface area (Å²) in [6.07, 6.45) is 0.298. The molecule has 2 unspecified atom stereocenters. The van der Waals surface area contributed by atoms with E-state index >= 15 is 0 Å². The van der Waals surface area contributed by atoms with Crippen LogP contribution in [0.15, 0.2) is 24.3 Å². The molecule has 1 saturated heterocycles. The summed E-state index contributed by atoms with van der Waals surface area (Å²) < 4.78 is 12.9. The Morgan fingerprint density at radius 1 is 1.18 bits per heavy atom. The van der Waals surface area contributed by atoms with E-state index in [1.165, 1.54) is 12.1 Å². The minimum atomic E-state index is -0.334. The largest absolute Gasteiger partial charge is 0.392 e. The molecule has 0 radical (unpaired) electrons. The fourth-order valence-electron chi connectivity index (χ4n) is 2.90. The summed E-state index contributed by atoms with van der Waals surface area (Å²) in [5, 5.41) is 9.40. The average molecular weight is 308 g/mol. The Morgan fingerprint density at radius 3 is 2.32 bits per heavy atom. The molecule has 1 N–H and O–H groups in total. The van der Waals surface area contributed by atoms with Gasteiger partial charge in [-0.3, -0.25) is 9.69 Å². The van der Waals surface area contributed by atoms with Gasteiger partial charge in [0, 0.05) is 38.6 Å². The number of carbonyl (C=O) groups excluding carboxylic acids is 1. The van der Waals surface area contributed by atoms with Crippen molar-refractivity contribution < 1.29 is 14.3 Å². The summed E-state index contributed by atoms with van der Waals surface area (Å²) in [4.78, 5) is 16.6. The molecular weight excluding hydrogens is 283 g/mol. The Kier molecular flexibility index (Phi) is 5.91. The van der Waals surface area contributed by atoms with E-state index in [1.54, 1.807) is 19.1 Å². The second-order valence-electron chi connectivity index (χ2n) is 6.21. The molecule has 2 rings (SSSR count). The van der Waals surface area contributed by atoms with E-state index in [9.17, 15) is 14.3 Å². The van der Waals surface area contributed by atoms with Crippen molar-refractivity contribution in [3.05, 3.63) is 35.6 Å². The molecule has 0 saturated carbocycles. The zero-order valence-electron chi connectivity index (χ0n) is 13.3. The van der Waals surface area contributed by atoms with Crippen LogP contribution in [0.5, 0.6) is 0 Å². The number of carbonyl (C=O) groups is 1. The summed E-state index contributed by atoms with van der Waals surface area (Å²) in [5.74, 6) is -0.202. The van der Waals surface area contributed by atoms with Gasteiger partial charge in [-0.05, 0) is 31.0 Å². The van der Waals surface area contributed by atoms with Crippen molar-refractivity contribution in [2.75, 3.05) is 32.7 Å². The van der Waals surface area contributed by atoms with Crippen LogP contribution in [0, 0.1) is 11.7 Å². The van der Waals surface area contributed by atoms with Gasteiger partial charge in [0.1, 0.15) is 5.82 Å². The lowest BCUT2D eigenvalue weighted by molar-refractivity contribution is -0.136. The number of aliphatic hydroxyl groups is 1. The van der Waals surface area contributed by atoms with Crippen LogP contribution in [0.3, 0.4) is 0 Å². The van der Waals surface area contributed by atoms with Crippen LogP contribution in [0.4, 0.5) is 4.39 Å². The lowest BCUT2D eigenvalue weighted by Crippen LogP contribution is -2.51. The first-order valence-electron chi connectivity index (χ1n) is 7.89. The van der Waals surface area contributed by atoms with E-state index in [0.29, 0.717) is 26.1 Å². The number of aliphatic hydroxyl groups excluding tert-OH is 1. The Labute approximate surface area is 131 Å². The monoisotopic (exact) mass is 308 g/mol. The van der Waals surface area contributed by atoms with Crippen molar-refractivity contribution >= 4 is 5.91 Å². The summed E-state index contributed by atoms with van der Waals surface area (Å²) >= 11 is 0. The molecule has 4 nitrogen and oxygen atoms in total. The number of nitrogens with zero attached hydrogens (tertiary/aromatic N) is 2. The van der Waals surface area contributed by atoms with Gasteiger partial charge in [-0.25, -0.2) is 4.39 Å². The van der Waals surface area contributed by atoms with E-state index in [2.05, 4.69) is 4.90 Å². The highest BCUT2D eigenvalue weighted by Crippen LogP contribution is 2.14. The van der Waals surface area contributed by atoms with Gasteiger partial charge in [-0.1, -0.05) is 19.1 Å². The maximum absolute atomic E-state index is 12.9. The van der Waals surface area contributed by atoms with Crippen LogP contribution in [0.25, 0.3) is 0 Å². The molecule has 0 spiro atoms. The first kappa shape index (κ1) is 16.9. The summed E-state index contributed by atoms with van der Waals surface area (Å²) in [5.41, 5.74) is 0.981. The zero-order chi connectivity index (χ0) is 16.1. The van der Waals surface area contributed by atoms with Crippen molar-refractivity contribution in [1.29, 1.82) is 0 Å². The molecule has 5 heteroatoms. The average Bonchev–Trinajstić information content (AvgIpc) is 2.49. The SMILES string of the molecule is CC(O)CN1CCN(C(=O)C(C)Cc2ccc(F)cc2)CC1. The third-order valence-corrected chi connectivity index (χ3v) is 4.08. The van der Waals surface area contributed by atoms with Crippen LogP contribution in [0.1, 0.15) is 19.4 Å². The molecular formula is C17H25FN2O2. The summed E-state index contributed by atoms with van der Waals surface area (Å²) in [7, 11) is 0. The Bertz CT molecular complexity index is 482. The van der Waals surface area contributed by atoms with E-state index in [-0.39, 0.29) is 23.7 Å². The third-order valence-electron chi connectivity index (χ3n) is 4.08. The predicted octanol–water partition coefficient (Wildman–Crippen LogP) is 1.53. The highest BCUT2D eigenvalue weighted by molar-refractivity contribution is 5.78. The molecule has 0 bridgehead atoms. The molecule has 1 heterocycles. The minimum Gasteiger partial charge on any atom is -0.392 e. The quantitative estimate of drug-likeness (QED) is 0.897. The Balaban J connectivity index is 1.82. The first-order chi connectivity index (χ1) is 10.5. The molecule has 1 aromatic carbocycles. The van der Waals surface area contributed by atoms with Crippen LogP contribution in [-0.2, 0) is 11.2 Å². The van der Waals surface area contributed by atoms with Gasteiger partial charge in [0.2, 0.25) is 5.91 Å². The van der Waals surface area contributed by atoms with E-state index in [4.69, 9.17) is 0 Å². The third kappa shape index (κ3) is 4.78. The number of halogens is 1. The highest BCUT2D eigenvalue weighted by Gasteiger charge is 2.25. The fraction of sp³-hybridized carbons (Fsp3) is 0.588. The zero-order valence-corrected chi connectivity index (χ0v) is 13.3. The number of hydrogen-bond acceptors (Lipinski definition) is 3. The normalized spacial score (nSPS) is 19.0. The molecule has 1 aliphatic rings. The van der Waals surface area contributed by atoms with Crippen molar-refractivity contribution in [2.24, 2.45) is 5.92 Å². The molecule has 2 atom stereocenters. The number of piperazine rings is 1. The van der Waals surface area contributed by atoms with Crippen LogP contribution >= 0.6 is 0 Å². The van der Waals surface area contributed by atoms with Gasteiger partial charge in [0.15, 0.2) is 0 Å². The number of β-amino-alcohol motifs (C(OH)–C–C–N with tert-alkyl or cyclic N) is 1. The maximum atomic E-state index is 12.9. The molecule has 1 aromatic rings. The summed E-state index contributed by atoms with van der Waals surface area (Å²) in [6.45, 7) is 7.39. The lowest BCUT2D eigenvalue weighted by Gasteiger charge is -2.36. The van der Waals surface area contributed by atoms with Crippen molar-refractivity contribution in [3.8, 4) is 0 Å². The molecule has 1 amide bonds. The summed E-state index contributed by atoms with van der Waals surface area (Å²) in [6, 6.07) is 6.34. The van der Waals surface area contributed by atoms with Gasteiger partial charge in [-0.2, -0.15) is 0 Å². The van der Waals surface area contributed by atoms with Crippen LogP contribution < -0.4 is 0 Å². The number of hydrogen-bond donors (Lipinski definition) is 1. The fourth-order valence-corrected chi connectivity index (χ4v) is 2.90. The van der Waals surface area contributed by atoms with E-state index in [1.807, 2.05) is 11.8 Å². The first-order valence-corrected chi connectivity index (χ1v) is 7.89. The van der Waals surface area contributed by atoms with Crippen LogP contribution in [0.2, 0.25) is 0 Å². The molecule has 0 aliphatic carbocycles. The molecule has 1 fully saturated rings. The number of amides is 1. The number of benzene rings is 1. The lowest BCUT2D eigenvalue weighted by atomic mass is 9.99. The molecule has 122 valence electrons. The molecule has 22 heavy (non-hydrogen) atoms. The number of rotatable bonds is 5. The highest BCUT2D eigenvalue weighted by atomic mass is 19.1. The predicted molar refractivity (Wildman–Crippen MR) is 84.0 cm³/mol. The van der Waals surface area contributed by atoms with Gasteiger partial charge < -0.3 is 10.0 Å². The van der Waals surface area contributed by atoms with Crippen molar-refractivity contribution in [2.45, 2.75) is 26.4 Å². The second kappa shape index (κ2) is 7.70. The van der Waals surface area contributed by atoms with Crippen molar-refractivity contribution in [3.63, 3.8) is 0 Å². The molecule has 1 aliphatic heterocycles. The van der Waals surface area contributed by atoms with E-state index < -0.39 is 0 Å². The van der Waals surface area contributed by atoms with Gasteiger partial charge in [0.25, 0.3) is 0 Å². The smallest absolute Gasteiger partial charge is 0.225 e. The Morgan fingerprint density at radius 2 is 1.77 bits per heavy atom. The van der Waals surface area contributed by atoms with Crippen molar-refractivity contribution in [1.82, 2.24) is 9.80 Å². The topological polar surface area (TPSA) is 43.8 Å². The van der Waals surface area contributed by atoms with Gasteiger partial charge in [-0.15, -0.1) is 0 Å². The molecule has 0 aromatic heterocycles. The maximum Gasteiger partial charge on any atom is 0.225 e. The van der Waals surface area contributed by atoms with Gasteiger partial charge in [0.05, 0.1) is 6.10 Å². The Hall–Kier alpha value is -1.46. The standard InChI is InChI=1S/C17H25FN2O2/c1-13(11-15-3-5-16(18)6-4-15)17(22)20-9-7-19(8-10-20)12-14(2)21/h3-6,13-14,21H,7-12H2,1-2H3. The second-order valence-corrected chi connectivity index (χ2v) is 6.21. The minimum absolute atomic E-state index is 0.103.